The van der Waals surface area contributed by atoms with Gasteiger partial charge < -0.3 is 0 Å². The molecule has 0 saturated heterocycles. The van der Waals surface area contributed by atoms with Crippen LogP contribution < -0.4 is 12.3 Å². The van der Waals surface area contributed by atoms with Crippen molar-refractivity contribution in [3.05, 3.63) is 59.6 Å². The molecular weight excluding hydrogens is 621 g/mol. The first kappa shape index (κ1) is 35.1. The van der Waals surface area contributed by atoms with E-state index in [9.17, 15) is 4.39 Å². The SMILES string of the molecule is C#CCC.C=CC.CCC(C)/C(=C\COC1CCC(c2cc(Nc3cc[c]4c(c3F)C[NH][Sb]4[CH3])n[nH]2)C1)C(C)(C)C. The van der Waals surface area contributed by atoms with Gasteiger partial charge in [0.2, 0.25) is 0 Å². The van der Waals surface area contributed by atoms with Crippen molar-refractivity contribution in [3.63, 3.8) is 0 Å². The van der Waals surface area contributed by atoms with Gasteiger partial charge in [0.25, 0.3) is 0 Å². The predicted molar refractivity (Wildman–Crippen MR) is 175 cm³/mol. The average molecular weight is 674 g/mol. The van der Waals surface area contributed by atoms with Crippen LogP contribution in [-0.4, -0.2) is 43.4 Å². The first-order valence-electron chi connectivity index (χ1n) is 14.9. The van der Waals surface area contributed by atoms with Gasteiger partial charge in [0, 0.05) is 6.42 Å². The summed E-state index contributed by atoms with van der Waals surface area (Å²) >= 11 is -1.62. The van der Waals surface area contributed by atoms with E-state index in [-0.39, 0.29) is 17.3 Å². The van der Waals surface area contributed by atoms with Gasteiger partial charge in [0.1, 0.15) is 0 Å². The summed E-state index contributed by atoms with van der Waals surface area (Å²) in [6.07, 6.45) is 14.2. The molecule has 7 heteroatoms. The zero-order valence-corrected chi connectivity index (χ0v) is 29.1. The monoisotopic (exact) mass is 672 g/mol. The van der Waals surface area contributed by atoms with Crippen molar-refractivity contribution in [2.45, 2.75) is 104 Å². The molecule has 4 rings (SSSR count). The number of fused-ring (bicyclic) bond motifs is 1. The van der Waals surface area contributed by atoms with Crippen LogP contribution in [-0.2, 0) is 11.3 Å². The summed E-state index contributed by atoms with van der Waals surface area (Å²) in [7, 11) is 0. The molecule has 0 amide bonds. The quantitative estimate of drug-likeness (QED) is 0.151. The summed E-state index contributed by atoms with van der Waals surface area (Å²) < 4.78 is 25.9. The first-order chi connectivity index (χ1) is 19.5. The number of H-pyrrole nitrogens is 1. The maximum Gasteiger partial charge on any atom is -0.0169 e. The van der Waals surface area contributed by atoms with Gasteiger partial charge in [-0.15, -0.1) is 18.9 Å². The molecule has 1 fully saturated rings. The maximum atomic E-state index is 15.0. The summed E-state index contributed by atoms with van der Waals surface area (Å²) in [6, 6.07) is 5.96. The Morgan fingerprint density at radius 3 is 2.63 bits per heavy atom. The van der Waals surface area contributed by atoms with E-state index in [1.807, 2.05) is 26.0 Å². The Kier molecular flexibility index (Phi) is 14.7. The van der Waals surface area contributed by atoms with Crippen LogP contribution in [0.3, 0.4) is 0 Å². The molecule has 0 spiro atoms. The van der Waals surface area contributed by atoms with Gasteiger partial charge in [-0.2, -0.15) is 0 Å². The van der Waals surface area contributed by atoms with Gasteiger partial charge in [0.15, 0.2) is 0 Å². The van der Waals surface area contributed by atoms with Crippen LogP contribution >= 0.6 is 0 Å². The van der Waals surface area contributed by atoms with Crippen LogP contribution in [0.25, 0.3) is 0 Å². The molecule has 1 aromatic carbocycles. The van der Waals surface area contributed by atoms with Crippen molar-refractivity contribution in [3.8, 4) is 12.3 Å². The van der Waals surface area contributed by atoms with Crippen molar-refractivity contribution < 1.29 is 9.13 Å². The molecule has 2 heterocycles. The van der Waals surface area contributed by atoms with E-state index in [0.717, 1.165) is 43.4 Å². The molecule has 2 aliphatic rings. The third kappa shape index (κ3) is 10.3. The Morgan fingerprint density at radius 1 is 1.34 bits per heavy atom. The van der Waals surface area contributed by atoms with Gasteiger partial charge >= 0.3 is 142 Å². The first-order valence-corrected chi connectivity index (χ1v) is 20.0. The zero-order chi connectivity index (χ0) is 30.6. The van der Waals surface area contributed by atoms with E-state index in [1.165, 1.54) is 9.08 Å². The molecule has 226 valence electrons. The average Bonchev–Trinajstić information content (AvgIpc) is 3.68. The molecule has 1 aliphatic heterocycles. The minimum atomic E-state index is -1.62. The van der Waals surface area contributed by atoms with Crippen molar-refractivity contribution in [2.75, 3.05) is 11.9 Å². The molecule has 1 aliphatic carbocycles. The molecule has 5 nitrogen and oxygen atoms in total. The number of rotatable bonds is 8. The number of anilines is 2. The fraction of sp³-hybridized carbons (Fsp3) is 0.559. The number of nitrogens with zero attached hydrogens (tertiary/aromatic N) is 1. The molecule has 1 saturated carbocycles. The second-order valence-electron chi connectivity index (χ2n) is 11.8. The number of aromatic amines is 1. The Hall–Kier alpha value is -2.06. The van der Waals surface area contributed by atoms with Crippen LogP contribution in [0.2, 0.25) is 4.87 Å². The standard InChI is InChI=1S/C26H37FN4O.C4H6.C3H6.CH3.Sb/c1-6-17(2)21(26(3,4)5)12-13-32-20-11-10-18(14-20)23-15-24(31-30-23)29-22-9-7-8-19(16-28)25(22)27;1-3-4-2;1-3-2;;/h7,9,12,15,17-18,20,28H,6,10-11,13-14,16H2,1-5H3,(H2,29,30,31);1H,4H2,2H3;3H,1H2,2H3;1H3;/q-1;;;;+1/b21-12+;;;;. The van der Waals surface area contributed by atoms with Crippen LogP contribution in [0.5, 0.6) is 0 Å². The van der Waals surface area contributed by atoms with Crippen molar-refractivity contribution in [1.29, 1.82) is 0 Å². The van der Waals surface area contributed by atoms with E-state index >= 15 is 0 Å². The normalized spacial score (nSPS) is 19.3. The summed E-state index contributed by atoms with van der Waals surface area (Å²) in [4.78, 5) is 2.24. The summed E-state index contributed by atoms with van der Waals surface area (Å²) in [5.41, 5.74) is 4.10. The molecule has 0 radical (unpaired) electrons. The molecule has 41 heavy (non-hydrogen) atoms. The largest absolute Gasteiger partial charge is 0.0564 e. The van der Waals surface area contributed by atoms with E-state index in [2.05, 4.69) is 83.1 Å². The number of nitrogens with one attached hydrogen (secondary N) is 3. The van der Waals surface area contributed by atoms with Crippen LogP contribution in [0.15, 0.2) is 42.5 Å². The van der Waals surface area contributed by atoms with Crippen molar-refractivity contribution in [1.82, 2.24) is 13.7 Å². The fourth-order valence-corrected chi connectivity index (χ4v) is 9.46. The van der Waals surface area contributed by atoms with Gasteiger partial charge in [-0.3, -0.25) is 0 Å². The number of halogens is 1. The number of terminal acetylenes is 1. The Balaban J connectivity index is 0.000000759. The number of hydrogen-bond donors (Lipinski definition) is 3. The van der Waals surface area contributed by atoms with Gasteiger partial charge in [-0.1, -0.05) is 59.3 Å². The van der Waals surface area contributed by atoms with E-state index in [1.54, 1.807) is 6.08 Å². The smallest absolute Gasteiger partial charge is 0.0169 e. The number of ether oxygens (including phenoxy) is 1. The minimum Gasteiger partial charge on any atom is -0.0564 e. The third-order valence-corrected chi connectivity index (χ3v) is 12.7. The second-order valence-corrected chi connectivity index (χ2v) is 17.3. The van der Waals surface area contributed by atoms with Gasteiger partial charge in [-0.25, -0.2) is 0 Å². The topological polar surface area (TPSA) is 62.0 Å². The van der Waals surface area contributed by atoms with Gasteiger partial charge in [-0.05, 0) is 24.7 Å². The van der Waals surface area contributed by atoms with E-state index < -0.39 is 20.5 Å². The Bertz CT molecular complexity index is 1180. The Morgan fingerprint density at radius 2 is 2.02 bits per heavy atom. The maximum absolute atomic E-state index is 15.0. The van der Waals surface area contributed by atoms with Crippen LogP contribution in [0, 0.1) is 29.5 Å². The molecule has 3 N–H and O–H groups in total. The van der Waals surface area contributed by atoms with E-state index in [0.29, 0.717) is 36.5 Å². The Labute approximate surface area is 256 Å². The number of benzene rings is 1. The zero-order valence-electron chi connectivity index (χ0n) is 26.5. The number of allylic oxidation sites excluding steroid dienone is 2. The predicted octanol–water partition coefficient (Wildman–Crippen LogP) is 8.12. The molecule has 0 bridgehead atoms. The summed E-state index contributed by atoms with van der Waals surface area (Å²) in [5.74, 6) is 3.94. The second kappa shape index (κ2) is 17.2. The minimum absolute atomic E-state index is 0.141. The van der Waals surface area contributed by atoms with Crippen molar-refractivity contribution in [2.24, 2.45) is 11.3 Å². The van der Waals surface area contributed by atoms with E-state index in [4.69, 9.17) is 11.2 Å². The fourth-order valence-electron chi connectivity index (χ4n) is 5.33. The molecule has 2 aromatic rings. The van der Waals surface area contributed by atoms with Crippen LogP contribution in [0.4, 0.5) is 15.9 Å². The molecule has 1 aromatic heterocycles. The molecule has 3 unspecified atom stereocenters. The van der Waals surface area contributed by atoms with Crippen LogP contribution in [0.1, 0.15) is 97.7 Å². The molecular formula is C34H52FN4OSb. The third-order valence-electron chi connectivity index (χ3n) is 7.61. The number of hydrogen-bond acceptors (Lipinski definition) is 4. The summed E-state index contributed by atoms with van der Waals surface area (Å²) in [5, 5.41) is 10.8. The number of aromatic nitrogens is 2. The van der Waals surface area contributed by atoms with Gasteiger partial charge in [0.05, 0.1) is 6.61 Å². The molecule has 3 atom stereocenters. The summed E-state index contributed by atoms with van der Waals surface area (Å²) in [6.45, 7) is 19.9. The van der Waals surface area contributed by atoms with Crippen molar-refractivity contribution >= 4 is 35.5 Å².